The molecule has 2 unspecified atom stereocenters. The van der Waals surface area contributed by atoms with Crippen LogP contribution in [-0.4, -0.2) is 48.3 Å². The smallest absolute Gasteiger partial charge is 0.0781 e. The second kappa shape index (κ2) is 11.9. The molecule has 15 heavy (non-hydrogen) atoms. The first-order valence-corrected chi connectivity index (χ1v) is 5.46. The van der Waals surface area contributed by atoms with E-state index in [0.717, 1.165) is 0 Å². The summed E-state index contributed by atoms with van der Waals surface area (Å²) in [6.45, 7) is 10.6. The third kappa shape index (κ3) is 20.0. The number of hydrogen-bond donors (Lipinski definition) is 2. The van der Waals surface area contributed by atoms with Crippen LogP contribution in [0.1, 0.15) is 34.6 Å². The standard InChI is InChI=1S/C6H14O2.C5H12O2/c1-5(2)8-6(3)4-7;1-3-7-4-5(2)6/h5-7H,4H2,1-3H3;5-6H,3-4H2,1-2H3. The van der Waals surface area contributed by atoms with Crippen LogP contribution >= 0.6 is 0 Å². The van der Waals surface area contributed by atoms with Crippen molar-refractivity contribution in [2.24, 2.45) is 0 Å². The highest BCUT2D eigenvalue weighted by molar-refractivity contribution is 4.46. The molecule has 4 nitrogen and oxygen atoms in total. The predicted molar refractivity (Wildman–Crippen MR) is 60.9 cm³/mol. The summed E-state index contributed by atoms with van der Waals surface area (Å²) in [6, 6.07) is 0. The Labute approximate surface area is 93.2 Å². The molecule has 0 saturated carbocycles. The Kier molecular flexibility index (Phi) is 13.7. The lowest BCUT2D eigenvalue weighted by atomic mass is 10.4. The molecule has 0 saturated heterocycles. The van der Waals surface area contributed by atoms with Gasteiger partial charge in [-0.25, -0.2) is 0 Å². The molecule has 0 aliphatic heterocycles. The molecular weight excluding hydrogens is 196 g/mol. The van der Waals surface area contributed by atoms with Crippen LogP contribution in [0, 0.1) is 0 Å². The van der Waals surface area contributed by atoms with E-state index in [0.29, 0.717) is 13.2 Å². The van der Waals surface area contributed by atoms with Gasteiger partial charge in [-0.2, -0.15) is 0 Å². The van der Waals surface area contributed by atoms with Crippen molar-refractivity contribution in [3.63, 3.8) is 0 Å². The zero-order valence-corrected chi connectivity index (χ0v) is 10.6. The van der Waals surface area contributed by atoms with Gasteiger partial charge in [-0.1, -0.05) is 0 Å². The number of hydrogen-bond acceptors (Lipinski definition) is 4. The second-order valence-electron chi connectivity index (χ2n) is 3.69. The monoisotopic (exact) mass is 222 g/mol. The molecule has 0 heterocycles. The van der Waals surface area contributed by atoms with E-state index in [2.05, 4.69) is 0 Å². The van der Waals surface area contributed by atoms with Crippen molar-refractivity contribution < 1.29 is 19.7 Å². The zero-order valence-electron chi connectivity index (χ0n) is 10.6. The van der Waals surface area contributed by atoms with Crippen molar-refractivity contribution in [1.82, 2.24) is 0 Å². The van der Waals surface area contributed by atoms with Crippen LogP contribution in [-0.2, 0) is 9.47 Å². The molecule has 0 bridgehead atoms. The Bertz CT molecular complexity index is 115. The zero-order chi connectivity index (χ0) is 12.3. The van der Waals surface area contributed by atoms with Crippen molar-refractivity contribution in [3.05, 3.63) is 0 Å². The molecule has 0 aliphatic carbocycles. The Hall–Kier alpha value is -0.160. The lowest BCUT2D eigenvalue weighted by Crippen LogP contribution is -2.17. The van der Waals surface area contributed by atoms with E-state index in [4.69, 9.17) is 19.7 Å². The van der Waals surface area contributed by atoms with Gasteiger partial charge in [-0.15, -0.1) is 0 Å². The SMILES string of the molecule is CC(C)OC(C)CO.CCOCC(C)O. The van der Waals surface area contributed by atoms with Gasteiger partial charge in [0.15, 0.2) is 0 Å². The Balaban J connectivity index is 0. The van der Waals surface area contributed by atoms with Gasteiger partial charge < -0.3 is 19.7 Å². The van der Waals surface area contributed by atoms with Gasteiger partial charge in [0, 0.05) is 6.61 Å². The van der Waals surface area contributed by atoms with Crippen LogP contribution in [0.5, 0.6) is 0 Å². The van der Waals surface area contributed by atoms with Crippen LogP contribution in [0.15, 0.2) is 0 Å². The Morgan fingerprint density at radius 2 is 1.67 bits per heavy atom. The summed E-state index contributed by atoms with van der Waals surface area (Å²) >= 11 is 0. The maximum atomic E-state index is 8.56. The average molecular weight is 222 g/mol. The Morgan fingerprint density at radius 3 is 1.80 bits per heavy atom. The van der Waals surface area contributed by atoms with Gasteiger partial charge in [-0.05, 0) is 34.6 Å². The van der Waals surface area contributed by atoms with Crippen molar-refractivity contribution >= 4 is 0 Å². The van der Waals surface area contributed by atoms with Crippen molar-refractivity contribution in [2.75, 3.05) is 19.8 Å². The van der Waals surface area contributed by atoms with Crippen LogP contribution in [0.25, 0.3) is 0 Å². The van der Waals surface area contributed by atoms with E-state index in [-0.39, 0.29) is 24.9 Å². The molecule has 4 heteroatoms. The van der Waals surface area contributed by atoms with Gasteiger partial charge in [0.05, 0.1) is 31.5 Å². The van der Waals surface area contributed by atoms with Crippen molar-refractivity contribution in [3.8, 4) is 0 Å². The quantitative estimate of drug-likeness (QED) is 0.709. The number of aliphatic hydroxyl groups is 2. The van der Waals surface area contributed by atoms with Crippen LogP contribution in [0.3, 0.4) is 0 Å². The summed E-state index contributed by atoms with van der Waals surface area (Å²) in [5.74, 6) is 0. The summed E-state index contributed by atoms with van der Waals surface area (Å²) in [4.78, 5) is 0. The normalized spacial score (nSPS) is 14.4. The molecule has 0 spiro atoms. The lowest BCUT2D eigenvalue weighted by molar-refractivity contribution is -0.0121. The molecule has 0 fully saturated rings. The average Bonchev–Trinajstić information content (AvgIpc) is 2.14. The van der Waals surface area contributed by atoms with Gasteiger partial charge >= 0.3 is 0 Å². The van der Waals surface area contributed by atoms with E-state index >= 15 is 0 Å². The van der Waals surface area contributed by atoms with Gasteiger partial charge in [0.2, 0.25) is 0 Å². The molecule has 0 aromatic heterocycles. The van der Waals surface area contributed by atoms with E-state index in [1.54, 1.807) is 6.92 Å². The summed E-state index contributed by atoms with van der Waals surface area (Å²) in [6.07, 6.45) is -0.118. The summed E-state index contributed by atoms with van der Waals surface area (Å²) in [7, 11) is 0. The first kappa shape index (κ1) is 17.2. The molecule has 0 radical (unpaired) electrons. The van der Waals surface area contributed by atoms with E-state index < -0.39 is 0 Å². The van der Waals surface area contributed by atoms with E-state index in [9.17, 15) is 0 Å². The highest BCUT2D eigenvalue weighted by Crippen LogP contribution is 1.94. The topological polar surface area (TPSA) is 58.9 Å². The fourth-order valence-electron chi connectivity index (χ4n) is 0.796. The Morgan fingerprint density at radius 1 is 1.13 bits per heavy atom. The molecule has 2 N–H and O–H groups in total. The van der Waals surface area contributed by atoms with Crippen LogP contribution in [0.2, 0.25) is 0 Å². The minimum atomic E-state index is -0.319. The van der Waals surface area contributed by atoms with Crippen LogP contribution in [0.4, 0.5) is 0 Å². The third-order valence-corrected chi connectivity index (χ3v) is 1.32. The van der Waals surface area contributed by atoms with Crippen molar-refractivity contribution in [1.29, 1.82) is 0 Å². The van der Waals surface area contributed by atoms with Gasteiger partial charge in [0.25, 0.3) is 0 Å². The number of rotatable bonds is 6. The first-order chi connectivity index (χ1) is 6.93. The maximum absolute atomic E-state index is 8.56. The maximum Gasteiger partial charge on any atom is 0.0781 e. The summed E-state index contributed by atoms with van der Waals surface area (Å²) in [5.41, 5.74) is 0. The number of ether oxygens (including phenoxy) is 2. The first-order valence-electron chi connectivity index (χ1n) is 5.46. The van der Waals surface area contributed by atoms with Crippen molar-refractivity contribution in [2.45, 2.75) is 52.9 Å². The minimum absolute atomic E-state index is 0.0185. The summed E-state index contributed by atoms with van der Waals surface area (Å²) in [5, 5.41) is 17.0. The lowest BCUT2D eigenvalue weighted by Gasteiger charge is -2.12. The highest BCUT2D eigenvalue weighted by Gasteiger charge is 2.00. The molecule has 0 aromatic carbocycles. The highest BCUT2D eigenvalue weighted by atomic mass is 16.5. The molecule has 0 aliphatic rings. The minimum Gasteiger partial charge on any atom is -0.394 e. The molecular formula is C11H26O4. The largest absolute Gasteiger partial charge is 0.394 e. The summed E-state index contributed by atoms with van der Waals surface area (Å²) < 4.78 is 9.99. The van der Waals surface area contributed by atoms with Crippen LogP contribution < -0.4 is 0 Å². The van der Waals surface area contributed by atoms with E-state index in [1.165, 1.54) is 0 Å². The molecule has 0 aromatic rings. The fourth-order valence-corrected chi connectivity index (χ4v) is 0.796. The van der Waals surface area contributed by atoms with Gasteiger partial charge in [-0.3, -0.25) is 0 Å². The molecule has 94 valence electrons. The second-order valence-corrected chi connectivity index (χ2v) is 3.69. The molecule has 0 amide bonds. The van der Waals surface area contributed by atoms with Gasteiger partial charge in [0.1, 0.15) is 0 Å². The van der Waals surface area contributed by atoms with E-state index in [1.807, 2.05) is 27.7 Å². The predicted octanol–water partition coefficient (Wildman–Crippen LogP) is 1.20. The molecule has 2 atom stereocenters. The number of aliphatic hydroxyl groups excluding tert-OH is 2. The third-order valence-electron chi connectivity index (χ3n) is 1.32. The molecule has 0 rings (SSSR count). The fraction of sp³-hybridized carbons (Fsp3) is 1.00.